The van der Waals surface area contributed by atoms with E-state index in [2.05, 4.69) is 40.4 Å². The predicted molar refractivity (Wildman–Crippen MR) is 121 cm³/mol. The van der Waals surface area contributed by atoms with E-state index in [9.17, 15) is 10.1 Å². The molecule has 4 heterocycles. The molecule has 1 fully saturated rings. The van der Waals surface area contributed by atoms with Crippen LogP contribution in [0.4, 0.5) is 11.0 Å². The number of furan rings is 1. The second kappa shape index (κ2) is 8.48. The minimum atomic E-state index is -0.123. The Labute approximate surface area is 188 Å². The molecule has 0 radical (unpaired) electrons. The third-order valence-corrected chi connectivity index (χ3v) is 6.62. The van der Waals surface area contributed by atoms with Gasteiger partial charge in [-0.2, -0.15) is 10.2 Å². The summed E-state index contributed by atoms with van der Waals surface area (Å²) in [5, 5.41) is 13.1. The van der Waals surface area contributed by atoms with Gasteiger partial charge in [0.25, 0.3) is 5.89 Å². The first-order valence-electron chi connectivity index (χ1n) is 10.5. The highest BCUT2D eigenvalue weighted by Gasteiger charge is 2.29. The molecule has 0 atom stereocenters. The summed E-state index contributed by atoms with van der Waals surface area (Å²) in [5.41, 5.74) is 2.38. The van der Waals surface area contributed by atoms with E-state index in [1.54, 1.807) is 12.1 Å². The zero-order valence-corrected chi connectivity index (χ0v) is 18.3. The van der Waals surface area contributed by atoms with Crippen molar-refractivity contribution in [1.82, 2.24) is 9.97 Å². The minimum absolute atomic E-state index is 0.0197. The number of aromatic nitrogens is 2. The number of thiazole rings is 1. The fraction of sp³-hybridized carbons (Fsp3) is 0.304. The number of piperidine rings is 1. The Balaban J connectivity index is 1.24. The summed E-state index contributed by atoms with van der Waals surface area (Å²) in [6.45, 7) is 3.31. The third kappa shape index (κ3) is 3.85. The fourth-order valence-corrected chi connectivity index (χ4v) is 4.83. The van der Waals surface area contributed by atoms with Crippen LogP contribution in [0.2, 0.25) is 0 Å². The molecule has 1 aliphatic heterocycles. The van der Waals surface area contributed by atoms with Crippen LogP contribution in [0.15, 0.2) is 45.4 Å². The van der Waals surface area contributed by atoms with E-state index in [4.69, 9.17) is 8.83 Å². The van der Waals surface area contributed by atoms with Gasteiger partial charge in [-0.15, -0.1) is 0 Å². The second-order valence-corrected chi connectivity index (χ2v) is 8.72. The number of anilines is 2. The van der Waals surface area contributed by atoms with Crippen molar-refractivity contribution in [3.05, 3.63) is 47.9 Å². The van der Waals surface area contributed by atoms with Crippen molar-refractivity contribution < 1.29 is 13.6 Å². The molecule has 8 nitrogen and oxygen atoms in total. The lowest BCUT2D eigenvalue weighted by Crippen LogP contribution is -2.38. The van der Waals surface area contributed by atoms with Gasteiger partial charge in [0.15, 0.2) is 10.9 Å². The molecule has 0 saturated carbocycles. The number of nitrogens with one attached hydrogen (secondary N) is 1. The summed E-state index contributed by atoms with van der Waals surface area (Å²) in [5.74, 6) is 1.04. The normalized spacial score (nSPS) is 14.6. The van der Waals surface area contributed by atoms with Gasteiger partial charge in [0.1, 0.15) is 6.07 Å². The molecule has 0 aliphatic carbocycles. The molecule has 0 bridgehead atoms. The molecule has 0 spiro atoms. The van der Waals surface area contributed by atoms with Gasteiger partial charge in [0.2, 0.25) is 17.5 Å². The summed E-state index contributed by atoms with van der Waals surface area (Å²) in [7, 11) is 0. The van der Waals surface area contributed by atoms with Crippen molar-refractivity contribution in [2.45, 2.75) is 26.2 Å². The van der Waals surface area contributed by atoms with Gasteiger partial charge in [0.05, 0.1) is 16.5 Å². The van der Waals surface area contributed by atoms with Crippen molar-refractivity contribution in [2.24, 2.45) is 5.92 Å². The molecule has 1 amide bonds. The van der Waals surface area contributed by atoms with Crippen molar-refractivity contribution >= 4 is 38.5 Å². The Morgan fingerprint density at radius 1 is 1.31 bits per heavy atom. The van der Waals surface area contributed by atoms with Gasteiger partial charge in [-0.05, 0) is 49.1 Å². The van der Waals surface area contributed by atoms with Crippen molar-refractivity contribution in [2.75, 3.05) is 23.3 Å². The average molecular weight is 448 g/mol. The molecule has 3 aromatic heterocycles. The Morgan fingerprint density at radius 3 is 2.88 bits per heavy atom. The molecule has 1 saturated heterocycles. The Bertz CT molecular complexity index is 1290. The topological polar surface area (TPSA) is 108 Å². The lowest BCUT2D eigenvalue weighted by Gasteiger charge is -2.30. The van der Waals surface area contributed by atoms with E-state index >= 15 is 0 Å². The molecular formula is C23H21N5O3S. The van der Waals surface area contributed by atoms with Crippen LogP contribution >= 0.6 is 11.3 Å². The van der Waals surface area contributed by atoms with Gasteiger partial charge in [-0.25, -0.2) is 4.98 Å². The zero-order valence-electron chi connectivity index (χ0n) is 17.5. The van der Waals surface area contributed by atoms with Crippen molar-refractivity contribution in [3.63, 3.8) is 0 Å². The number of aryl methyl sites for hydroxylation is 1. The number of oxazole rings is 1. The highest BCUT2D eigenvalue weighted by molar-refractivity contribution is 7.22. The van der Waals surface area contributed by atoms with Gasteiger partial charge < -0.3 is 19.1 Å². The monoisotopic (exact) mass is 447 g/mol. The van der Waals surface area contributed by atoms with Crippen LogP contribution in [0.3, 0.4) is 0 Å². The van der Waals surface area contributed by atoms with Crippen LogP contribution in [0.1, 0.15) is 31.0 Å². The van der Waals surface area contributed by atoms with Crippen LogP contribution in [0.25, 0.3) is 21.9 Å². The highest BCUT2D eigenvalue weighted by atomic mass is 32.1. The third-order valence-electron chi connectivity index (χ3n) is 5.69. The number of carbonyl (C=O) groups excluding carboxylic acids is 1. The highest BCUT2D eigenvalue weighted by Crippen LogP contribution is 2.32. The number of fused-ring (bicyclic) bond motifs is 1. The molecule has 1 aliphatic rings. The molecule has 32 heavy (non-hydrogen) atoms. The fourth-order valence-electron chi connectivity index (χ4n) is 3.90. The van der Waals surface area contributed by atoms with E-state index in [-0.39, 0.29) is 23.4 Å². The molecule has 162 valence electrons. The van der Waals surface area contributed by atoms with Crippen LogP contribution in [0, 0.1) is 17.2 Å². The van der Waals surface area contributed by atoms with Crippen LogP contribution in [-0.4, -0.2) is 29.0 Å². The Kier molecular flexibility index (Phi) is 5.37. The first kappa shape index (κ1) is 20.3. The molecular weight excluding hydrogens is 426 g/mol. The predicted octanol–water partition coefficient (Wildman–Crippen LogP) is 4.83. The lowest BCUT2D eigenvalue weighted by atomic mass is 9.96. The molecule has 0 unspecified atom stereocenters. The largest absolute Gasteiger partial charge is 0.459 e. The standard InChI is InChI=1S/C23H21N5O3S/c1-2-14-5-6-16-19(12-14)32-23(26-16)27-20(29)15-7-9-28(10-8-15)22-17(13-24)25-21(31-22)18-4-3-11-30-18/h3-6,11-12,15H,2,7-10H2,1H3,(H,26,27,29). The van der Waals surface area contributed by atoms with Gasteiger partial charge in [0, 0.05) is 19.0 Å². The van der Waals surface area contributed by atoms with E-state index in [0.29, 0.717) is 42.7 Å². The molecule has 1 aromatic carbocycles. The maximum absolute atomic E-state index is 12.8. The van der Waals surface area contributed by atoms with E-state index < -0.39 is 0 Å². The molecule has 4 aromatic rings. The second-order valence-electron chi connectivity index (χ2n) is 7.69. The number of benzene rings is 1. The maximum Gasteiger partial charge on any atom is 0.266 e. The van der Waals surface area contributed by atoms with Crippen LogP contribution in [-0.2, 0) is 11.2 Å². The Morgan fingerprint density at radius 2 is 2.16 bits per heavy atom. The van der Waals surface area contributed by atoms with E-state index in [1.165, 1.54) is 23.2 Å². The van der Waals surface area contributed by atoms with E-state index in [0.717, 1.165) is 16.6 Å². The minimum Gasteiger partial charge on any atom is -0.459 e. The quantitative estimate of drug-likeness (QED) is 0.466. The zero-order chi connectivity index (χ0) is 22.1. The number of nitrogens with zero attached hydrogens (tertiary/aromatic N) is 4. The Hall–Kier alpha value is -3.64. The summed E-state index contributed by atoms with van der Waals surface area (Å²) in [6, 6.07) is 11.8. The van der Waals surface area contributed by atoms with Gasteiger partial charge >= 0.3 is 0 Å². The summed E-state index contributed by atoms with van der Waals surface area (Å²) in [4.78, 5) is 23.6. The number of amides is 1. The smallest absolute Gasteiger partial charge is 0.266 e. The molecule has 1 N–H and O–H groups in total. The number of carbonyl (C=O) groups is 1. The summed E-state index contributed by atoms with van der Waals surface area (Å²) < 4.78 is 12.2. The van der Waals surface area contributed by atoms with Crippen LogP contribution < -0.4 is 10.2 Å². The SMILES string of the molecule is CCc1ccc2nc(NC(=O)C3CCN(c4oc(-c5ccco5)nc4C#N)CC3)sc2c1. The van der Waals surface area contributed by atoms with Gasteiger partial charge in [-0.1, -0.05) is 24.3 Å². The first-order valence-corrected chi connectivity index (χ1v) is 11.4. The van der Waals surface area contributed by atoms with Crippen molar-refractivity contribution in [1.29, 1.82) is 5.26 Å². The number of hydrogen-bond acceptors (Lipinski definition) is 8. The summed E-state index contributed by atoms with van der Waals surface area (Å²) in [6.07, 6.45) is 3.80. The first-order chi connectivity index (χ1) is 15.6. The molecule has 9 heteroatoms. The maximum atomic E-state index is 12.8. The average Bonchev–Trinajstić information content (AvgIpc) is 3.57. The summed E-state index contributed by atoms with van der Waals surface area (Å²) >= 11 is 1.50. The number of nitriles is 1. The van der Waals surface area contributed by atoms with E-state index in [1.807, 2.05) is 11.0 Å². The molecule has 5 rings (SSSR count). The number of rotatable bonds is 5. The van der Waals surface area contributed by atoms with Gasteiger partial charge in [-0.3, -0.25) is 4.79 Å². The van der Waals surface area contributed by atoms with Crippen molar-refractivity contribution in [3.8, 4) is 17.7 Å². The van der Waals surface area contributed by atoms with Crippen LogP contribution in [0.5, 0.6) is 0 Å². The number of hydrogen-bond donors (Lipinski definition) is 1. The lowest BCUT2D eigenvalue weighted by molar-refractivity contribution is -0.120.